The number of hydrogen-bond donors (Lipinski definition) is 3. The minimum atomic E-state index is -0.578. The molecule has 1 unspecified atom stereocenters. The van der Waals surface area contributed by atoms with E-state index in [4.69, 9.17) is 0 Å². The van der Waals surface area contributed by atoms with Gasteiger partial charge in [0.05, 0.1) is 12.7 Å². The largest absolute Gasteiger partial charge is 0.507 e. The standard InChI is InChI=1S/C18H23NO5/c1-10-5-4-6-12(7-10)16-13(20)8-11(2)15(17(16)22)18(23)19-9-14(21)24-3/h7-8,12,20,22H,4-6,9H2,1-3H3,(H,19,23). The number of aromatic hydroxyl groups is 2. The van der Waals surface area contributed by atoms with Crippen LogP contribution >= 0.6 is 0 Å². The van der Waals surface area contributed by atoms with E-state index in [9.17, 15) is 19.8 Å². The highest BCUT2D eigenvalue weighted by Crippen LogP contribution is 2.43. The average Bonchev–Trinajstić information content (AvgIpc) is 2.52. The number of carbonyl (C=O) groups excluding carboxylic acids is 2. The fraction of sp³-hybridized carbons (Fsp3) is 0.444. The van der Waals surface area contributed by atoms with E-state index in [1.54, 1.807) is 6.92 Å². The summed E-state index contributed by atoms with van der Waals surface area (Å²) in [5, 5.41) is 23.3. The van der Waals surface area contributed by atoms with Crippen LogP contribution in [-0.4, -0.2) is 35.7 Å². The molecule has 1 aromatic carbocycles. The Balaban J connectivity index is 2.39. The van der Waals surface area contributed by atoms with Gasteiger partial charge >= 0.3 is 5.97 Å². The molecule has 0 radical (unpaired) electrons. The van der Waals surface area contributed by atoms with Gasteiger partial charge in [-0.25, -0.2) is 0 Å². The maximum Gasteiger partial charge on any atom is 0.325 e. The molecule has 1 amide bonds. The number of benzene rings is 1. The number of phenolic OH excluding ortho intramolecular Hbond substituents is 2. The SMILES string of the molecule is COC(=O)CNC(=O)c1c(C)cc(O)c(C2C=C(C)CCC2)c1O. The van der Waals surface area contributed by atoms with Crippen molar-refractivity contribution >= 4 is 11.9 Å². The molecule has 0 saturated heterocycles. The van der Waals surface area contributed by atoms with Crippen molar-refractivity contribution in [3.05, 3.63) is 34.4 Å². The van der Waals surface area contributed by atoms with Gasteiger partial charge in [-0.3, -0.25) is 9.59 Å². The molecule has 0 aromatic heterocycles. The molecular formula is C18H23NO5. The van der Waals surface area contributed by atoms with E-state index in [-0.39, 0.29) is 29.5 Å². The minimum Gasteiger partial charge on any atom is -0.507 e. The second-order valence-corrected chi connectivity index (χ2v) is 6.12. The molecule has 1 atom stereocenters. The van der Waals surface area contributed by atoms with E-state index in [0.717, 1.165) is 19.3 Å². The number of hydrogen-bond acceptors (Lipinski definition) is 5. The van der Waals surface area contributed by atoms with E-state index >= 15 is 0 Å². The second-order valence-electron chi connectivity index (χ2n) is 6.12. The highest BCUT2D eigenvalue weighted by Gasteiger charge is 2.26. The van der Waals surface area contributed by atoms with Crippen molar-refractivity contribution in [1.29, 1.82) is 0 Å². The lowest BCUT2D eigenvalue weighted by molar-refractivity contribution is -0.139. The number of allylic oxidation sites excluding steroid dienone is 2. The summed E-state index contributed by atoms with van der Waals surface area (Å²) in [7, 11) is 1.23. The van der Waals surface area contributed by atoms with E-state index in [1.165, 1.54) is 18.7 Å². The van der Waals surface area contributed by atoms with Gasteiger partial charge in [0.1, 0.15) is 18.0 Å². The highest BCUT2D eigenvalue weighted by atomic mass is 16.5. The van der Waals surface area contributed by atoms with Crippen LogP contribution in [0.3, 0.4) is 0 Å². The van der Waals surface area contributed by atoms with Crippen LogP contribution in [0.25, 0.3) is 0 Å². The maximum atomic E-state index is 12.3. The van der Waals surface area contributed by atoms with Crippen molar-refractivity contribution in [1.82, 2.24) is 5.32 Å². The number of amides is 1. The van der Waals surface area contributed by atoms with Gasteiger partial charge in [0.15, 0.2) is 0 Å². The number of rotatable bonds is 4. The topological polar surface area (TPSA) is 95.9 Å². The number of esters is 1. The van der Waals surface area contributed by atoms with Crippen LogP contribution in [0.15, 0.2) is 17.7 Å². The first-order valence-corrected chi connectivity index (χ1v) is 7.92. The molecule has 1 aromatic rings. The van der Waals surface area contributed by atoms with E-state index in [0.29, 0.717) is 11.1 Å². The van der Waals surface area contributed by atoms with Gasteiger partial charge in [-0.2, -0.15) is 0 Å². The lowest BCUT2D eigenvalue weighted by Crippen LogP contribution is -2.30. The first-order valence-electron chi connectivity index (χ1n) is 7.92. The number of carbonyl (C=O) groups is 2. The first-order chi connectivity index (χ1) is 11.3. The molecule has 0 aliphatic heterocycles. The average molecular weight is 333 g/mol. The van der Waals surface area contributed by atoms with Crippen LogP contribution < -0.4 is 5.32 Å². The Morgan fingerprint density at radius 2 is 2.04 bits per heavy atom. The molecule has 0 fully saturated rings. The van der Waals surface area contributed by atoms with Gasteiger partial charge < -0.3 is 20.3 Å². The van der Waals surface area contributed by atoms with Crippen molar-refractivity contribution in [2.24, 2.45) is 0 Å². The van der Waals surface area contributed by atoms with Crippen LogP contribution in [0.2, 0.25) is 0 Å². The third-order valence-corrected chi connectivity index (χ3v) is 4.31. The molecule has 0 bridgehead atoms. The number of nitrogens with one attached hydrogen (secondary N) is 1. The smallest absolute Gasteiger partial charge is 0.325 e. The zero-order chi connectivity index (χ0) is 17.9. The number of ether oxygens (including phenoxy) is 1. The number of methoxy groups -OCH3 is 1. The van der Waals surface area contributed by atoms with Gasteiger partial charge in [0.25, 0.3) is 5.91 Å². The molecule has 3 N–H and O–H groups in total. The van der Waals surface area contributed by atoms with Gasteiger partial charge in [0, 0.05) is 11.5 Å². The number of phenols is 2. The zero-order valence-electron chi connectivity index (χ0n) is 14.2. The minimum absolute atomic E-state index is 0.0227. The molecular weight excluding hydrogens is 310 g/mol. The molecule has 6 nitrogen and oxygen atoms in total. The summed E-state index contributed by atoms with van der Waals surface area (Å²) in [6, 6.07) is 1.47. The van der Waals surface area contributed by atoms with E-state index < -0.39 is 11.9 Å². The van der Waals surface area contributed by atoms with Crippen LogP contribution in [0.5, 0.6) is 11.5 Å². The summed E-state index contributed by atoms with van der Waals surface area (Å²) < 4.78 is 4.48. The molecule has 130 valence electrons. The van der Waals surface area contributed by atoms with E-state index in [1.807, 2.05) is 13.0 Å². The Hall–Kier alpha value is -2.50. The van der Waals surface area contributed by atoms with Crippen molar-refractivity contribution in [2.75, 3.05) is 13.7 Å². The maximum absolute atomic E-state index is 12.3. The monoisotopic (exact) mass is 333 g/mol. The molecule has 1 aliphatic rings. The third-order valence-electron chi connectivity index (χ3n) is 4.31. The molecule has 0 spiro atoms. The summed E-state index contributed by atoms with van der Waals surface area (Å²) in [4.78, 5) is 23.5. The fourth-order valence-corrected chi connectivity index (χ4v) is 3.10. The van der Waals surface area contributed by atoms with Crippen molar-refractivity contribution in [2.45, 2.75) is 39.0 Å². The Morgan fingerprint density at radius 1 is 1.33 bits per heavy atom. The van der Waals surface area contributed by atoms with Crippen LogP contribution in [-0.2, 0) is 9.53 Å². The molecule has 1 aliphatic carbocycles. The van der Waals surface area contributed by atoms with Gasteiger partial charge in [-0.1, -0.05) is 11.6 Å². The number of aryl methyl sites for hydroxylation is 1. The van der Waals surface area contributed by atoms with Crippen LogP contribution in [0, 0.1) is 6.92 Å². The normalized spacial score (nSPS) is 17.1. The lowest BCUT2D eigenvalue weighted by atomic mass is 9.83. The summed E-state index contributed by atoms with van der Waals surface area (Å²) in [5.41, 5.74) is 2.07. The van der Waals surface area contributed by atoms with Crippen molar-refractivity contribution in [3.8, 4) is 11.5 Å². The summed E-state index contributed by atoms with van der Waals surface area (Å²) in [5.74, 6) is -1.54. The van der Waals surface area contributed by atoms with Gasteiger partial charge in [-0.05, 0) is 44.7 Å². The first kappa shape index (κ1) is 17.8. The molecule has 0 heterocycles. The molecule has 6 heteroatoms. The molecule has 24 heavy (non-hydrogen) atoms. The Bertz CT molecular complexity index is 693. The highest BCUT2D eigenvalue weighted by molar-refractivity contribution is 6.00. The van der Waals surface area contributed by atoms with Crippen LogP contribution in [0.1, 0.15) is 53.6 Å². The predicted octanol–water partition coefficient (Wildman–Crippen LogP) is 2.52. The van der Waals surface area contributed by atoms with Crippen LogP contribution in [0.4, 0.5) is 0 Å². The zero-order valence-corrected chi connectivity index (χ0v) is 14.2. The van der Waals surface area contributed by atoms with Crippen molar-refractivity contribution in [3.63, 3.8) is 0 Å². The second kappa shape index (κ2) is 7.38. The van der Waals surface area contributed by atoms with Gasteiger partial charge in [0.2, 0.25) is 0 Å². The fourth-order valence-electron chi connectivity index (χ4n) is 3.10. The van der Waals surface area contributed by atoms with E-state index in [2.05, 4.69) is 10.1 Å². The predicted molar refractivity (Wildman–Crippen MR) is 89.2 cm³/mol. The quantitative estimate of drug-likeness (QED) is 0.581. The molecule has 2 rings (SSSR count). The Labute approximate surface area is 141 Å². The summed E-state index contributed by atoms with van der Waals surface area (Å²) >= 11 is 0. The summed E-state index contributed by atoms with van der Waals surface area (Å²) in [6.07, 6.45) is 4.77. The Morgan fingerprint density at radius 3 is 2.67 bits per heavy atom. The van der Waals surface area contributed by atoms with Crippen molar-refractivity contribution < 1.29 is 24.5 Å². The molecule has 0 saturated carbocycles. The van der Waals surface area contributed by atoms with Gasteiger partial charge in [-0.15, -0.1) is 0 Å². The Kier molecular flexibility index (Phi) is 5.49. The summed E-state index contributed by atoms with van der Waals surface area (Å²) in [6.45, 7) is 3.35. The lowest BCUT2D eigenvalue weighted by Gasteiger charge is -2.23. The third kappa shape index (κ3) is 3.69.